The Morgan fingerprint density at radius 2 is 1.59 bits per heavy atom. The third kappa shape index (κ3) is 5.14. The number of amides is 1. The van der Waals surface area contributed by atoms with Crippen LogP contribution in [0.3, 0.4) is 0 Å². The van der Waals surface area contributed by atoms with Gasteiger partial charge < -0.3 is 5.32 Å². The number of aromatic nitrogens is 3. The molecular formula is C24H20Br2N4OS. The third-order valence-electron chi connectivity index (χ3n) is 4.74. The summed E-state index contributed by atoms with van der Waals surface area (Å²) in [5.74, 6) is 0.814. The van der Waals surface area contributed by atoms with Crippen LogP contribution in [0.25, 0.3) is 17.1 Å². The number of nitrogens with zero attached hydrogens (tertiary/aromatic N) is 3. The molecule has 0 unspecified atom stereocenters. The summed E-state index contributed by atoms with van der Waals surface area (Å²) in [7, 11) is 0. The van der Waals surface area contributed by atoms with Crippen LogP contribution in [-0.4, -0.2) is 26.4 Å². The summed E-state index contributed by atoms with van der Waals surface area (Å²) >= 11 is 8.39. The summed E-state index contributed by atoms with van der Waals surface area (Å²) in [4.78, 5) is 12.7. The van der Waals surface area contributed by atoms with Crippen molar-refractivity contribution in [2.45, 2.75) is 19.0 Å². The van der Waals surface area contributed by atoms with E-state index in [4.69, 9.17) is 0 Å². The summed E-state index contributed by atoms with van der Waals surface area (Å²) in [6.07, 6.45) is 0. The van der Waals surface area contributed by atoms with E-state index >= 15 is 0 Å². The lowest BCUT2D eigenvalue weighted by Gasteiger charge is -2.12. The van der Waals surface area contributed by atoms with E-state index < -0.39 is 0 Å². The van der Waals surface area contributed by atoms with Gasteiger partial charge in [-0.1, -0.05) is 59.8 Å². The molecule has 0 aliphatic rings. The quantitative estimate of drug-likeness (QED) is 0.258. The number of hydrogen-bond donors (Lipinski definition) is 1. The number of carbonyl (C=O) groups excluding carboxylic acids is 1. The van der Waals surface area contributed by atoms with Gasteiger partial charge in [0.15, 0.2) is 11.0 Å². The molecule has 0 aliphatic heterocycles. The lowest BCUT2D eigenvalue weighted by molar-refractivity contribution is -0.113. The first-order valence-electron chi connectivity index (χ1n) is 9.88. The summed E-state index contributed by atoms with van der Waals surface area (Å²) in [6, 6.07) is 22.0. The second-order valence-corrected chi connectivity index (χ2v) is 9.93. The fourth-order valence-electron chi connectivity index (χ4n) is 3.19. The van der Waals surface area contributed by atoms with Gasteiger partial charge in [0, 0.05) is 20.2 Å². The van der Waals surface area contributed by atoms with Crippen LogP contribution >= 0.6 is 43.6 Å². The molecule has 0 saturated heterocycles. The highest BCUT2D eigenvalue weighted by Crippen LogP contribution is 2.33. The van der Waals surface area contributed by atoms with E-state index in [0.717, 1.165) is 31.6 Å². The monoisotopic (exact) mass is 570 g/mol. The Balaban J connectivity index is 1.59. The van der Waals surface area contributed by atoms with Crippen molar-refractivity contribution in [1.29, 1.82) is 0 Å². The molecule has 1 N–H and O–H groups in total. The third-order valence-corrected chi connectivity index (χ3v) is 6.92. The second-order valence-electron chi connectivity index (χ2n) is 7.28. The van der Waals surface area contributed by atoms with Gasteiger partial charge in [0.05, 0.1) is 11.4 Å². The maximum absolute atomic E-state index is 12.7. The van der Waals surface area contributed by atoms with Gasteiger partial charge in [0.1, 0.15) is 0 Å². The fourth-order valence-corrected chi connectivity index (χ4v) is 5.55. The topological polar surface area (TPSA) is 59.8 Å². The number of halogens is 2. The van der Waals surface area contributed by atoms with Gasteiger partial charge in [-0.2, -0.15) is 0 Å². The summed E-state index contributed by atoms with van der Waals surface area (Å²) in [5, 5.41) is 12.5. The van der Waals surface area contributed by atoms with Gasteiger partial charge in [-0.15, -0.1) is 10.2 Å². The van der Waals surface area contributed by atoms with Crippen molar-refractivity contribution in [3.05, 3.63) is 86.8 Å². The van der Waals surface area contributed by atoms with Crippen molar-refractivity contribution in [1.82, 2.24) is 14.8 Å². The maximum Gasteiger partial charge on any atom is 0.234 e. The van der Waals surface area contributed by atoms with E-state index in [2.05, 4.69) is 66.4 Å². The van der Waals surface area contributed by atoms with Crippen molar-refractivity contribution in [3.8, 4) is 17.1 Å². The lowest BCUT2D eigenvalue weighted by atomic mass is 10.1. The summed E-state index contributed by atoms with van der Waals surface area (Å²) in [5.41, 5.74) is 4.90. The molecule has 0 atom stereocenters. The minimum absolute atomic E-state index is 0.125. The van der Waals surface area contributed by atoms with Crippen LogP contribution in [-0.2, 0) is 4.79 Å². The molecule has 0 spiro atoms. The molecule has 8 heteroatoms. The van der Waals surface area contributed by atoms with E-state index in [0.29, 0.717) is 10.8 Å². The van der Waals surface area contributed by atoms with Gasteiger partial charge in [-0.3, -0.25) is 9.36 Å². The molecule has 3 aromatic carbocycles. The molecule has 0 fully saturated rings. The second kappa shape index (κ2) is 10.0. The zero-order chi connectivity index (χ0) is 22.7. The van der Waals surface area contributed by atoms with Crippen molar-refractivity contribution in [3.63, 3.8) is 0 Å². The summed E-state index contributed by atoms with van der Waals surface area (Å²) in [6.45, 7) is 4.05. The minimum atomic E-state index is -0.125. The average Bonchev–Trinajstić information content (AvgIpc) is 3.20. The number of aryl methyl sites for hydroxylation is 2. The standard InChI is InChI=1S/C24H20Br2N4OS/c1-15-8-10-17(11-9-15)23-28-29-24(30(23)18-6-4-3-5-7-18)32-14-21(31)27-22-19(25)12-16(2)13-20(22)26/h3-13H,14H2,1-2H3,(H,27,31). The van der Waals surface area contributed by atoms with Crippen LogP contribution in [0, 0.1) is 13.8 Å². The molecule has 5 nitrogen and oxygen atoms in total. The molecule has 162 valence electrons. The molecule has 4 rings (SSSR count). The van der Waals surface area contributed by atoms with Crippen molar-refractivity contribution >= 4 is 55.2 Å². The number of para-hydroxylation sites is 1. The van der Waals surface area contributed by atoms with Gasteiger partial charge in [0.25, 0.3) is 0 Å². The van der Waals surface area contributed by atoms with E-state index in [9.17, 15) is 4.79 Å². The van der Waals surface area contributed by atoms with E-state index in [-0.39, 0.29) is 11.7 Å². The Labute approximate surface area is 207 Å². The Morgan fingerprint density at radius 3 is 2.25 bits per heavy atom. The van der Waals surface area contributed by atoms with Crippen molar-refractivity contribution in [2.24, 2.45) is 0 Å². The number of rotatable bonds is 6. The predicted molar refractivity (Wildman–Crippen MR) is 137 cm³/mol. The van der Waals surface area contributed by atoms with Crippen LogP contribution in [0.2, 0.25) is 0 Å². The van der Waals surface area contributed by atoms with Crippen LogP contribution in [0.4, 0.5) is 5.69 Å². The molecule has 0 aliphatic carbocycles. The van der Waals surface area contributed by atoms with E-state index in [1.165, 1.54) is 17.3 Å². The zero-order valence-corrected chi connectivity index (χ0v) is 21.5. The Bertz CT molecular complexity index is 1230. The first kappa shape index (κ1) is 22.8. The molecule has 32 heavy (non-hydrogen) atoms. The average molecular weight is 572 g/mol. The van der Waals surface area contributed by atoms with Crippen LogP contribution < -0.4 is 5.32 Å². The number of carbonyl (C=O) groups is 1. The number of anilines is 1. The molecule has 0 saturated carbocycles. The van der Waals surface area contributed by atoms with E-state index in [1.54, 1.807) is 0 Å². The predicted octanol–water partition coefficient (Wildman–Crippen LogP) is 6.81. The van der Waals surface area contributed by atoms with Crippen molar-refractivity contribution < 1.29 is 4.79 Å². The molecule has 4 aromatic rings. The van der Waals surface area contributed by atoms with Crippen LogP contribution in [0.5, 0.6) is 0 Å². The molecule has 1 amide bonds. The highest BCUT2D eigenvalue weighted by atomic mass is 79.9. The van der Waals surface area contributed by atoms with Gasteiger partial charge in [-0.25, -0.2) is 0 Å². The van der Waals surface area contributed by atoms with Gasteiger partial charge in [0.2, 0.25) is 5.91 Å². The fraction of sp³-hybridized carbons (Fsp3) is 0.125. The number of benzene rings is 3. The molecule has 0 bridgehead atoms. The Morgan fingerprint density at radius 1 is 0.938 bits per heavy atom. The molecular weight excluding hydrogens is 552 g/mol. The normalized spacial score (nSPS) is 10.9. The van der Waals surface area contributed by atoms with Crippen molar-refractivity contribution in [2.75, 3.05) is 11.1 Å². The number of nitrogens with one attached hydrogen (secondary N) is 1. The molecule has 1 aromatic heterocycles. The Kier molecular flexibility index (Phi) is 7.13. The first-order valence-corrected chi connectivity index (χ1v) is 12.5. The molecule has 0 radical (unpaired) electrons. The van der Waals surface area contributed by atoms with E-state index in [1.807, 2.05) is 66.1 Å². The first-order chi connectivity index (χ1) is 15.4. The number of hydrogen-bond acceptors (Lipinski definition) is 4. The highest BCUT2D eigenvalue weighted by molar-refractivity contribution is 9.11. The molecule has 1 heterocycles. The van der Waals surface area contributed by atoms with Gasteiger partial charge >= 0.3 is 0 Å². The Hall–Kier alpha value is -2.42. The smallest absolute Gasteiger partial charge is 0.234 e. The maximum atomic E-state index is 12.7. The summed E-state index contributed by atoms with van der Waals surface area (Å²) < 4.78 is 3.65. The minimum Gasteiger partial charge on any atom is -0.323 e. The zero-order valence-electron chi connectivity index (χ0n) is 17.5. The largest absolute Gasteiger partial charge is 0.323 e. The highest BCUT2D eigenvalue weighted by Gasteiger charge is 2.18. The lowest BCUT2D eigenvalue weighted by Crippen LogP contribution is -2.15. The van der Waals surface area contributed by atoms with Gasteiger partial charge in [-0.05, 0) is 75.5 Å². The number of thioether (sulfide) groups is 1. The van der Waals surface area contributed by atoms with Crippen LogP contribution in [0.1, 0.15) is 11.1 Å². The van der Waals surface area contributed by atoms with Crippen LogP contribution in [0.15, 0.2) is 80.8 Å². The SMILES string of the molecule is Cc1ccc(-c2nnc(SCC(=O)Nc3c(Br)cc(C)cc3Br)n2-c2ccccc2)cc1.